The zero-order valence-corrected chi connectivity index (χ0v) is 8.14. The summed E-state index contributed by atoms with van der Waals surface area (Å²) in [5.74, 6) is 0.468. The van der Waals surface area contributed by atoms with Crippen LogP contribution in [0.5, 0.6) is 5.75 Å². The van der Waals surface area contributed by atoms with Crippen molar-refractivity contribution in [2.75, 3.05) is 7.05 Å². The summed E-state index contributed by atoms with van der Waals surface area (Å²) in [6.45, 7) is 0. The number of rotatable bonds is 1. The minimum atomic E-state index is -0.995. The minimum Gasteiger partial charge on any atom is -0.465 e. The van der Waals surface area contributed by atoms with Gasteiger partial charge in [-0.1, -0.05) is 18.2 Å². The van der Waals surface area contributed by atoms with Gasteiger partial charge >= 0.3 is 12.2 Å². The van der Waals surface area contributed by atoms with Crippen LogP contribution in [0, 0.1) is 0 Å². The standard InChI is InChI=1S/C7H7NO2.C2H5NO2/c8-7(9)10-6-4-2-1-3-5-6;1-3-2(4)5/h1-5H,(H2,8,9);3H,1H3,(H,4,5). The van der Waals surface area contributed by atoms with Gasteiger partial charge in [-0.15, -0.1) is 0 Å². The number of benzene rings is 1. The molecule has 4 N–H and O–H groups in total. The first kappa shape index (κ1) is 12.8. The molecule has 15 heavy (non-hydrogen) atoms. The van der Waals surface area contributed by atoms with E-state index in [2.05, 4.69) is 4.74 Å². The molecule has 0 aliphatic heterocycles. The van der Waals surface area contributed by atoms with Crippen LogP contribution in [0.1, 0.15) is 0 Å². The summed E-state index contributed by atoms with van der Waals surface area (Å²) < 4.78 is 4.55. The maximum Gasteiger partial charge on any atom is 0.409 e. The van der Waals surface area contributed by atoms with Crippen LogP contribution < -0.4 is 15.8 Å². The Bertz CT molecular complexity index is 313. The number of ether oxygens (including phenoxy) is 1. The lowest BCUT2D eigenvalue weighted by Gasteiger charge is -1.96. The van der Waals surface area contributed by atoms with E-state index in [1.54, 1.807) is 24.3 Å². The highest BCUT2D eigenvalue weighted by molar-refractivity contribution is 5.67. The van der Waals surface area contributed by atoms with E-state index in [1.165, 1.54) is 7.05 Å². The molecule has 1 aromatic carbocycles. The summed E-state index contributed by atoms with van der Waals surface area (Å²) in [5.41, 5.74) is 4.76. The van der Waals surface area contributed by atoms with Gasteiger partial charge in [0.05, 0.1) is 0 Å². The maximum atomic E-state index is 10.2. The second-order valence-electron chi connectivity index (χ2n) is 2.29. The number of para-hydroxylation sites is 1. The molecular weight excluding hydrogens is 200 g/mol. The molecule has 2 amide bonds. The summed E-state index contributed by atoms with van der Waals surface area (Å²) in [7, 11) is 1.35. The summed E-state index contributed by atoms with van der Waals surface area (Å²) in [6.07, 6.45) is -1.78. The number of amides is 2. The molecule has 0 spiro atoms. The molecule has 0 fully saturated rings. The molecule has 0 aliphatic carbocycles. The van der Waals surface area contributed by atoms with Gasteiger partial charge in [-0.2, -0.15) is 0 Å². The summed E-state index contributed by atoms with van der Waals surface area (Å²) >= 11 is 0. The van der Waals surface area contributed by atoms with Gasteiger partial charge < -0.3 is 20.9 Å². The number of nitrogens with two attached hydrogens (primary N) is 1. The Labute approximate surface area is 86.7 Å². The van der Waals surface area contributed by atoms with Crippen LogP contribution in [0.25, 0.3) is 0 Å². The van der Waals surface area contributed by atoms with Gasteiger partial charge in [0, 0.05) is 7.05 Å². The van der Waals surface area contributed by atoms with Gasteiger partial charge in [0.15, 0.2) is 0 Å². The Morgan fingerprint density at radius 2 is 1.80 bits per heavy atom. The fourth-order valence-electron chi connectivity index (χ4n) is 0.605. The molecule has 1 rings (SSSR count). The topological polar surface area (TPSA) is 102 Å². The predicted molar refractivity (Wildman–Crippen MR) is 53.7 cm³/mol. The van der Waals surface area contributed by atoms with Gasteiger partial charge in [-0.3, -0.25) is 0 Å². The number of primary amides is 1. The van der Waals surface area contributed by atoms with Crippen molar-refractivity contribution in [1.29, 1.82) is 0 Å². The van der Waals surface area contributed by atoms with Crippen molar-refractivity contribution in [1.82, 2.24) is 5.32 Å². The SMILES string of the molecule is CNC(=O)O.NC(=O)Oc1ccccc1. The number of carbonyl (C=O) groups excluding carboxylic acids is 1. The summed E-state index contributed by atoms with van der Waals surface area (Å²) in [6, 6.07) is 8.67. The fourth-order valence-corrected chi connectivity index (χ4v) is 0.605. The lowest BCUT2D eigenvalue weighted by molar-refractivity contribution is 0.197. The molecule has 82 valence electrons. The molecule has 0 saturated carbocycles. The van der Waals surface area contributed by atoms with Crippen molar-refractivity contribution in [2.45, 2.75) is 0 Å². The molecule has 0 saturated heterocycles. The van der Waals surface area contributed by atoms with Gasteiger partial charge in [0.1, 0.15) is 5.75 Å². The monoisotopic (exact) mass is 212 g/mol. The molecule has 0 heterocycles. The third-order valence-electron chi connectivity index (χ3n) is 1.18. The zero-order valence-electron chi connectivity index (χ0n) is 8.14. The lowest BCUT2D eigenvalue weighted by Crippen LogP contribution is -2.15. The molecule has 0 aliphatic rings. The van der Waals surface area contributed by atoms with Crippen LogP contribution in [0.2, 0.25) is 0 Å². The first-order valence-electron chi connectivity index (χ1n) is 3.99. The zero-order chi connectivity index (χ0) is 11.7. The molecular formula is C9H12N2O4. The normalized spacial score (nSPS) is 8.07. The predicted octanol–water partition coefficient (Wildman–Crippen LogP) is 1.03. The molecule has 6 heteroatoms. The first-order chi connectivity index (χ1) is 7.06. The van der Waals surface area contributed by atoms with Crippen LogP contribution in [-0.4, -0.2) is 24.3 Å². The molecule has 0 radical (unpaired) electrons. The smallest absolute Gasteiger partial charge is 0.409 e. The Balaban J connectivity index is 0.000000336. The van der Waals surface area contributed by atoms with Crippen LogP contribution in [0.3, 0.4) is 0 Å². The van der Waals surface area contributed by atoms with Crippen molar-refractivity contribution in [3.8, 4) is 5.75 Å². The molecule has 0 unspecified atom stereocenters. The van der Waals surface area contributed by atoms with Crippen LogP contribution >= 0.6 is 0 Å². The van der Waals surface area contributed by atoms with Gasteiger partial charge in [0.25, 0.3) is 0 Å². The highest BCUT2D eigenvalue weighted by atomic mass is 16.5. The third-order valence-corrected chi connectivity index (χ3v) is 1.18. The number of nitrogens with one attached hydrogen (secondary N) is 1. The summed E-state index contributed by atoms with van der Waals surface area (Å²) in [4.78, 5) is 19.4. The molecule has 1 aromatic rings. The maximum absolute atomic E-state index is 10.2. The Hall–Kier alpha value is -2.24. The lowest BCUT2D eigenvalue weighted by atomic mass is 10.3. The highest BCUT2D eigenvalue weighted by Crippen LogP contribution is 2.07. The van der Waals surface area contributed by atoms with Crippen LogP contribution in [-0.2, 0) is 0 Å². The Morgan fingerprint density at radius 1 is 1.33 bits per heavy atom. The van der Waals surface area contributed by atoms with Crippen LogP contribution in [0.15, 0.2) is 30.3 Å². The minimum absolute atomic E-state index is 0.468. The Morgan fingerprint density at radius 3 is 2.13 bits per heavy atom. The van der Waals surface area contributed by atoms with E-state index in [0.29, 0.717) is 5.75 Å². The summed E-state index contributed by atoms with van der Waals surface area (Å²) in [5, 5.41) is 9.56. The molecule has 0 atom stereocenters. The average Bonchev–Trinajstić information content (AvgIpc) is 2.19. The Kier molecular flexibility index (Phi) is 6.12. The van der Waals surface area contributed by atoms with E-state index in [1.807, 2.05) is 11.4 Å². The van der Waals surface area contributed by atoms with E-state index in [0.717, 1.165) is 0 Å². The van der Waals surface area contributed by atoms with Crippen LogP contribution in [0.4, 0.5) is 9.59 Å². The molecule has 0 bridgehead atoms. The van der Waals surface area contributed by atoms with E-state index in [9.17, 15) is 9.59 Å². The van der Waals surface area contributed by atoms with Crippen molar-refractivity contribution in [2.24, 2.45) is 5.73 Å². The van der Waals surface area contributed by atoms with E-state index in [4.69, 9.17) is 10.8 Å². The second-order valence-corrected chi connectivity index (χ2v) is 2.29. The van der Waals surface area contributed by atoms with Gasteiger partial charge in [0.2, 0.25) is 0 Å². The van der Waals surface area contributed by atoms with Crippen molar-refractivity contribution < 1.29 is 19.4 Å². The first-order valence-corrected chi connectivity index (χ1v) is 3.99. The van der Waals surface area contributed by atoms with E-state index in [-0.39, 0.29) is 0 Å². The van der Waals surface area contributed by atoms with Crippen molar-refractivity contribution in [3.63, 3.8) is 0 Å². The molecule has 0 aromatic heterocycles. The van der Waals surface area contributed by atoms with E-state index < -0.39 is 12.2 Å². The number of hydrogen-bond acceptors (Lipinski definition) is 3. The number of carboxylic acid groups (broad SMARTS) is 1. The van der Waals surface area contributed by atoms with E-state index >= 15 is 0 Å². The third kappa shape index (κ3) is 8.10. The van der Waals surface area contributed by atoms with Gasteiger partial charge in [-0.05, 0) is 12.1 Å². The second kappa shape index (κ2) is 7.19. The largest absolute Gasteiger partial charge is 0.465 e. The van der Waals surface area contributed by atoms with Crippen molar-refractivity contribution >= 4 is 12.2 Å². The molecule has 6 nitrogen and oxygen atoms in total. The number of carbonyl (C=O) groups is 2. The van der Waals surface area contributed by atoms with Crippen molar-refractivity contribution in [3.05, 3.63) is 30.3 Å². The average molecular weight is 212 g/mol. The number of hydrogen-bond donors (Lipinski definition) is 3. The van der Waals surface area contributed by atoms with Gasteiger partial charge in [-0.25, -0.2) is 9.59 Å². The quantitative estimate of drug-likeness (QED) is 0.646. The fraction of sp³-hybridized carbons (Fsp3) is 0.111. The highest BCUT2D eigenvalue weighted by Gasteiger charge is 1.93.